The van der Waals surface area contributed by atoms with Gasteiger partial charge in [-0.05, 0) is 43.0 Å². The standard InChI is InChI=1S/C15H20ClNO2/c16-9-3-1-2-4-10-19-13-6-7-14-12(11-13)5-8-15(18)17-14/h6-7,11H,1-5,8-10H2,(H,17,18). The molecule has 1 aromatic carbocycles. The number of aryl methyl sites for hydroxylation is 1. The summed E-state index contributed by atoms with van der Waals surface area (Å²) in [6.07, 6.45) is 5.84. The molecule has 2 rings (SSSR count). The Morgan fingerprint density at radius 3 is 2.84 bits per heavy atom. The Labute approximate surface area is 119 Å². The van der Waals surface area contributed by atoms with Crippen molar-refractivity contribution < 1.29 is 9.53 Å². The summed E-state index contributed by atoms with van der Waals surface area (Å²) < 4.78 is 5.73. The molecular formula is C15H20ClNO2. The molecule has 104 valence electrons. The van der Waals surface area contributed by atoms with Gasteiger partial charge in [-0.1, -0.05) is 12.8 Å². The van der Waals surface area contributed by atoms with Crippen molar-refractivity contribution in [1.82, 2.24) is 0 Å². The number of fused-ring (bicyclic) bond motifs is 1. The van der Waals surface area contributed by atoms with Gasteiger partial charge in [0, 0.05) is 18.0 Å². The first-order chi connectivity index (χ1) is 9.29. The molecule has 0 bridgehead atoms. The van der Waals surface area contributed by atoms with E-state index < -0.39 is 0 Å². The summed E-state index contributed by atoms with van der Waals surface area (Å²) in [6.45, 7) is 0.743. The van der Waals surface area contributed by atoms with Crippen molar-refractivity contribution in [3.63, 3.8) is 0 Å². The third kappa shape index (κ3) is 4.43. The van der Waals surface area contributed by atoms with Crippen molar-refractivity contribution in [2.45, 2.75) is 38.5 Å². The maximum atomic E-state index is 11.3. The predicted molar refractivity (Wildman–Crippen MR) is 78.1 cm³/mol. The minimum absolute atomic E-state index is 0.0976. The van der Waals surface area contributed by atoms with E-state index in [9.17, 15) is 4.79 Å². The van der Waals surface area contributed by atoms with Gasteiger partial charge in [-0.2, -0.15) is 0 Å². The third-order valence-corrected chi connectivity index (χ3v) is 3.54. The number of anilines is 1. The fourth-order valence-electron chi connectivity index (χ4n) is 2.19. The van der Waals surface area contributed by atoms with Crippen LogP contribution in [0.5, 0.6) is 5.75 Å². The van der Waals surface area contributed by atoms with Gasteiger partial charge in [0.05, 0.1) is 6.61 Å². The molecule has 0 saturated carbocycles. The molecule has 1 aliphatic heterocycles. The largest absolute Gasteiger partial charge is 0.494 e. The molecule has 0 spiro atoms. The molecule has 0 unspecified atom stereocenters. The maximum Gasteiger partial charge on any atom is 0.224 e. The molecule has 1 N–H and O–H groups in total. The van der Waals surface area contributed by atoms with Gasteiger partial charge in [0.2, 0.25) is 5.91 Å². The lowest BCUT2D eigenvalue weighted by Gasteiger charge is -2.17. The van der Waals surface area contributed by atoms with Crippen molar-refractivity contribution in [3.05, 3.63) is 23.8 Å². The second kappa shape index (κ2) is 7.39. The quantitative estimate of drug-likeness (QED) is 0.611. The van der Waals surface area contributed by atoms with E-state index in [-0.39, 0.29) is 5.91 Å². The molecule has 1 heterocycles. The van der Waals surface area contributed by atoms with Crippen LogP contribution in [0.25, 0.3) is 0 Å². The van der Waals surface area contributed by atoms with E-state index in [1.54, 1.807) is 0 Å². The van der Waals surface area contributed by atoms with E-state index in [4.69, 9.17) is 16.3 Å². The second-order valence-corrected chi connectivity index (χ2v) is 5.20. The van der Waals surface area contributed by atoms with Gasteiger partial charge in [-0.25, -0.2) is 0 Å². The lowest BCUT2D eigenvalue weighted by molar-refractivity contribution is -0.116. The Morgan fingerprint density at radius 2 is 2.00 bits per heavy atom. The predicted octanol–water partition coefficient (Wildman–Crippen LogP) is 3.75. The van der Waals surface area contributed by atoms with Crippen molar-refractivity contribution in [2.24, 2.45) is 0 Å². The molecule has 0 fully saturated rings. The topological polar surface area (TPSA) is 38.3 Å². The summed E-state index contributed by atoms with van der Waals surface area (Å²) >= 11 is 5.63. The molecule has 0 aliphatic carbocycles. The number of unbranched alkanes of at least 4 members (excludes halogenated alkanes) is 3. The zero-order valence-corrected chi connectivity index (χ0v) is 11.8. The number of rotatable bonds is 7. The van der Waals surface area contributed by atoms with Gasteiger partial charge < -0.3 is 10.1 Å². The first kappa shape index (κ1) is 14.2. The van der Waals surface area contributed by atoms with Crippen LogP contribution >= 0.6 is 11.6 Å². The first-order valence-corrected chi connectivity index (χ1v) is 7.44. The number of alkyl halides is 1. The molecule has 4 heteroatoms. The van der Waals surface area contributed by atoms with Crippen LogP contribution in [0.3, 0.4) is 0 Å². The average molecular weight is 282 g/mol. The molecule has 0 atom stereocenters. The van der Waals surface area contributed by atoms with E-state index in [0.29, 0.717) is 6.42 Å². The van der Waals surface area contributed by atoms with Crippen LogP contribution < -0.4 is 10.1 Å². The maximum absolute atomic E-state index is 11.3. The van der Waals surface area contributed by atoms with Gasteiger partial charge in [0.1, 0.15) is 5.75 Å². The van der Waals surface area contributed by atoms with Crippen LogP contribution in [0.1, 0.15) is 37.7 Å². The number of amides is 1. The highest BCUT2D eigenvalue weighted by molar-refractivity contribution is 6.17. The zero-order valence-electron chi connectivity index (χ0n) is 11.1. The monoisotopic (exact) mass is 281 g/mol. The molecular weight excluding hydrogens is 262 g/mol. The Bertz CT molecular complexity index is 434. The highest BCUT2D eigenvalue weighted by Crippen LogP contribution is 2.26. The Kier molecular flexibility index (Phi) is 5.52. The summed E-state index contributed by atoms with van der Waals surface area (Å²) in [7, 11) is 0. The SMILES string of the molecule is O=C1CCc2cc(OCCCCCCCl)ccc2N1. The average Bonchev–Trinajstić information content (AvgIpc) is 2.43. The van der Waals surface area contributed by atoms with Crippen molar-refractivity contribution in [2.75, 3.05) is 17.8 Å². The molecule has 0 aromatic heterocycles. The van der Waals surface area contributed by atoms with Gasteiger partial charge >= 0.3 is 0 Å². The van der Waals surface area contributed by atoms with Crippen molar-refractivity contribution >= 4 is 23.2 Å². The number of carbonyl (C=O) groups excluding carboxylic acids is 1. The highest BCUT2D eigenvalue weighted by atomic mass is 35.5. The number of halogens is 1. The number of nitrogens with one attached hydrogen (secondary N) is 1. The summed E-state index contributed by atoms with van der Waals surface area (Å²) in [5.41, 5.74) is 2.09. The minimum atomic E-state index is 0.0976. The molecule has 3 nitrogen and oxygen atoms in total. The fourth-order valence-corrected chi connectivity index (χ4v) is 2.38. The van der Waals surface area contributed by atoms with Gasteiger partial charge in [0.15, 0.2) is 0 Å². The first-order valence-electron chi connectivity index (χ1n) is 6.91. The highest BCUT2D eigenvalue weighted by Gasteiger charge is 2.14. The molecule has 1 amide bonds. The minimum Gasteiger partial charge on any atom is -0.494 e. The Balaban J connectivity index is 1.77. The summed E-state index contributed by atoms with van der Waals surface area (Å²) in [4.78, 5) is 11.3. The smallest absolute Gasteiger partial charge is 0.224 e. The van der Waals surface area contributed by atoms with Crippen LogP contribution in [0.15, 0.2) is 18.2 Å². The van der Waals surface area contributed by atoms with E-state index >= 15 is 0 Å². The van der Waals surface area contributed by atoms with Gasteiger partial charge in [-0.3, -0.25) is 4.79 Å². The lowest BCUT2D eigenvalue weighted by atomic mass is 10.0. The van der Waals surface area contributed by atoms with Crippen LogP contribution in [-0.2, 0) is 11.2 Å². The van der Waals surface area contributed by atoms with E-state index in [1.165, 1.54) is 12.0 Å². The van der Waals surface area contributed by atoms with Crippen LogP contribution in [-0.4, -0.2) is 18.4 Å². The third-order valence-electron chi connectivity index (χ3n) is 3.27. The molecule has 19 heavy (non-hydrogen) atoms. The van der Waals surface area contributed by atoms with E-state index in [2.05, 4.69) is 5.32 Å². The van der Waals surface area contributed by atoms with E-state index in [0.717, 1.165) is 49.6 Å². The zero-order chi connectivity index (χ0) is 13.5. The Morgan fingerprint density at radius 1 is 1.16 bits per heavy atom. The number of hydrogen-bond acceptors (Lipinski definition) is 2. The molecule has 0 saturated heterocycles. The number of carbonyl (C=O) groups is 1. The van der Waals surface area contributed by atoms with Crippen LogP contribution in [0.4, 0.5) is 5.69 Å². The van der Waals surface area contributed by atoms with Gasteiger partial charge in [0.25, 0.3) is 0 Å². The van der Waals surface area contributed by atoms with Crippen molar-refractivity contribution in [3.8, 4) is 5.75 Å². The fraction of sp³-hybridized carbons (Fsp3) is 0.533. The normalized spacial score (nSPS) is 13.8. The van der Waals surface area contributed by atoms with Gasteiger partial charge in [-0.15, -0.1) is 11.6 Å². The summed E-state index contributed by atoms with van der Waals surface area (Å²) in [5, 5.41) is 2.87. The molecule has 1 aromatic rings. The number of hydrogen-bond donors (Lipinski definition) is 1. The van der Waals surface area contributed by atoms with Crippen molar-refractivity contribution in [1.29, 1.82) is 0 Å². The van der Waals surface area contributed by atoms with Crippen LogP contribution in [0.2, 0.25) is 0 Å². The number of benzene rings is 1. The summed E-state index contributed by atoms with van der Waals surface area (Å²) in [5.74, 6) is 1.74. The lowest BCUT2D eigenvalue weighted by Crippen LogP contribution is -2.18. The van der Waals surface area contributed by atoms with Crippen LogP contribution in [0, 0.1) is 0 Å². The van der Waals surface area contributed by atoms with E-state index in [1.807, 2.05) is 18.2 Å². The molecule has 0 radical (unpaired) electrons. The molecule has 1 aliphatic rings. The summed E-state index contributed by atoms with van der Waals surface area (Å²) in [6, 6.07) is 5.88. The second-order valence-electron chi connectivity index (χ2n) is 4.82. The number of ether oxygens (including phenoxy) is 1. The Hall–Kier alpha value is -1.22.